The van der Waals surface area contributed by atoms with Crippen LogP contribution in [0.4, 0.5) is 0 Å². The van der Waals surface area contributed by atoms with E-state index >= 15 is 0 Å². The number of nitrogens with two attached hydrogens (primary N) is 1. The molecule has 20 heavy (non-hydrogen) atoms. The molecule has 0 saturated carbocycles. The van der Waals surface area contributed by atoms with Crippen LogP contribution in [0.25, 0.3) is 0 Å². The number of likely N-dealkylation sites (N-methyl/N-ethyl adjacent to an activating group) is 1. The van der Waals surface area contributed by atoms with Crippen molar-refractivity contribution in [3.8, 4) is 0 Å². The number of benzene rings is 1. The third-order valence-electron chi connectivity index (χ3n) is 2.79. The molecular formula is C13H12BrN3O3. The van der Waals surface area contributed by atoms with Crippen LogP contribution >= 0.6 is 15.9 Å². The number of hydrogen-bond acceptors (Lipinski definition) is 4. The number of rotatable bonds is 4. The number of halogens is 1. The maximum Gasteiger partial charge on any atom is 0.276 e. The molecule has 0 spiro atoms. The van der Waals surface area contributed by atoms with Gasteiger partial charge in [-0.1, -0.05) is 28.1 Å². The van der Waals surface area contributed by atoms with Gasteiger partial charge >= 0.3 is 0 Å². The Bertz CT molecular complexity index is 628. The highest BCUT2D eigenvalue weighted by Gasteiger charge is 2.28. The van der Waals surface area contributed by atoms with Crippen LogP contribution in [0.1, 0.15) is 22.1 Å². The molecule has 104 valence electrons. The predicted molar refractivity (Wildman–Crippen MR) is 74.7 cm³/mol. The van der Waals surface area contributed by atoms with E-state index in [4.69, 9.17) is 10.2 Å². The number of primary amides is 1. The molecule has 2 N–H and O–H groups in total. The summed E-state index contributed by atoms with van der Waals surface area (Å²) < 4.78 is 5.56. The second-order valence-electron chi connectivity index (χ2n) is 4.15. The standard InChI is InChI=1S/C13H12BrN3O3/c1-17(13(19)10-6-20-7-16-10)11(12(15)18)8-3-2-4-9(14)5-8/h2-7,11H,1H3,(H2,15,18)/t11-/m0/s1. The zero-order chi connectivity index (χ0) is 14.7. The molecule has 0 unspecified atom stereocenters. The van der Waals surface area contributed by atoms with Crippen molar-refractivity contribution in [2.24, 2.45) is 5.73 Å². The third kappa shape index (κ3) is 2.88. The molecule has 2 amide bonds. The summed E-state index contributed by atoms with van der Waals surface area (Å²) in [6.07, 6.45) is 2.37. The fourth-order valence-electron chi connectivity index (χ4n) is 1.87. The molecule has 0 aliphatic rings. The summed E-state index contributed by atoms with van der Waals surface area (Å²) in [6.45, 7) is 0. The van der Waals surface area contributed by atoms with E-state index in [1.807, 2.05) is 6.07 Å². The van der Waals surface area contributed by atoms with Gasteiger partial charge < -0.3 is 15.1 Å². The number of nitrogens with zero attached hydrogens (tertiary/aromatic N) is 2. The lowest BCUT2D eigenvalue weighted by Crippen LogP contribution is -2.39. The third-order valence-corrected chi connectivity index (χ3v) is 3.29. The van der Waals surface area contributed by atoms with Crippen LogP contribution in [0, 0.1) is 0 Å². The number of carbonyl (C=O) groups is 2. The molecule has 0 aliphatic carbocycles. The van der Waals surface area contributed by atoms with Crippen LogP contribution in [0.5, 0.6) is 0 Å². The second-order valence-corrected chi connectivity index (χ2v) is 5.07. The molecule has 1 aromatic heterocycles. The van der Waals surface area contributed by atoms with Gasteiger partial charge in [-0.2, -0.15) is 0 Å². The first-order valence-corrected chi connectivity index (χ1v) is 6.50. The van der Waals surface area contributed by atoms with E-state index in [0.717, 1.165) is 10.9 Å². The number of aromatic nitrogens is 1. The van der Waals surface area contributed by atoms with E-state index in [2.05, 4.69) is 20.9 Å². The minimum absolute atomic E-state index is 0.119. The van der Waals surface area contributed by atoms with Gasteiger partial charge in [0.2, 0.25) is 5.91 Å². The topological polar surface area (TPSA) is 89.4 Å². The minimum Gasteiger partial charge on any atom is -0.451 e. The lowest BCUT2D eigenvalue weighted by Gasteiger charge is -2.25. The molecule has 0 bridgehead atoms. The molecule has 0 saturated heterocycles. The first kappa shape index (κ1) is 14.3. The lowest BCUT2D eigenvalue weighted by molar-refractivity contribution is -0.122. The Morgan fingerprint density at radius 2 is 2.20 bits per heavy atom. The average Bonchev–Trinajstić information content (AvgIpc) is 2.91. The van der Waals surface area contributed by atoms with Gasteiger partial charge in [0.1, 0.15) is 12.3 Å². The van der Waals surface area contributed by atoms with E-state index in [1.54, 1.807) is 18.2 Å². The van der Waals surface area contributed by atoms with Gasteiger partial charge in [0.15, 0.2) is 12.1 Å². The molecule has 1 aromatic carbocycles. The summed E-state index contributed by atoms with van der Waals surface area (Å²) in [5.41, 5.74) is 6.16. The van der Waals surface area contributed by atoms with Crippen LogP contribution in [-0.4, -0.2) is 28.7 Å². The first-order valence-electron chi connectivity index (χ1n) is 5.71. The highest BCUT2D eigenvalue weighted by atomic mass is 79.9. The lowest BCUT2D eigenvalue weighted by atomic mass is 10.0. The van der Waals surface area contributed by atoms with Gasteiger partial charge in [-0.25, -0.2) is 4.98 Å². The number of oxazole rings is 1. The van der Waals surface area contributed by atoms with Gasteiger partial charge in [0.25, 0.3) is 5.91 Å². The van der Waals surface area contributed by atoms with Gasteiger partial charge in [0.05, 0.1) is 0 Å². The minimum atomic E-state index is -0.878. The monoisotopic (exact) mass is 337 g/mol. The molecule has 2 rings (SSSR count). The summed E-state index contributed by atoms with van der Waals surface area (Å²) in [6, 6.07) is 6.18. The normalized spacial score (nSPS) is 11.9. The SMILES string of the molecule is CN(C(=O)c1cocn1)[C@H](C(N)=O)c1cccc(Br)c1. The Hall–Kier alpha value is -2.15. The number of amides is 2. The predicted octanol–water partition coefficient (Wildman–Crippen LogP) is 1.74. The van der Waals surface area contributed by atoms with Gasteiger partial charge in [0, 0.05) is 11.5 Å². The molecule has 2 aromatic rings. The highest BCUT2D eigenvalue weighted by Crippen LogP contribution is 2.23. The van der Waals surface area contributed by atoms with Gasteiger partial charge in [-0.05, 0) is 17.7 Å². The summed E-state index contributed by atoms with van der Waals surface area (Å²) in [7, 11) is 1.49. The van der Waals surface area contributed by atoms with Crippen LogP contribution < -0.4 is 5.73 Å². The van der Waals surface area contributed by atoms with Crippen LogP contribution in [0.3, 0.4) is 0 Å². The maximum absolute atomic E-state index is 12.2. The van der Waals surface area contributed by atoms with Crippen LogP contribution in [-0.2, 0) is 4.79 Å². The van der Waals surface area contributed by atoms with Crippen molar-refractivity contribution < 1.29 is 14.0 Å². The largest absolute Gasteiger partial charge is 0.451 e. The fraction of sp³-hybridized carbons (Fsp3) is 0.154. The first-order chi connectivity index (χ1) is 9.50. The summed E-state index contributed by atoms with van der Waals surface area (Å²) in [4.78, 5) is 28.9. The maximum atomic E-state index is 12.2. The summed E-state index contributed by atoms with van der Waals surface area (Å²) in [5, 5.41) is 0. The van der Waals surface area contributed by atoms with E-state index in [1.165, 1.54) is 18.2 Å². The Labute approximate surface area is 123 Å². The Morgan fingerprint density at radius 3 is 2.75 bits per heavy atom. The van der Waals surface area contributed by atoms with Crippen molar-refractivity contribution in [2.45, 2.75) is 6.04 Å². The average molecular weight is 338 g/mol. The molecule has 1 atom stereocenters. The number of carbonyl (C=O) groups excluding carboxylic acids is 2. The van der Waals surface area contributed by atoms with E-state index in [-0.39, 0.29) is 5.69 Å². The second kappa shape index (κ2) is 5.87. The molecular weight excluding hydrogens is 326 g/mol. The van der Waals surface area contributed by atoms with Crippen molar-refractivity contribution in [3.63, 3.8) is 0 Å². The van der Waals surface area contributed by atoms with E-state index in [0.29, 0.717) is 5.56 Å². The van der Waals surface area contributed by atoms with Gasteiger partial charge in [-0.3, -0.25) is 9.59 Å². The molecule has 0 fully saturated rings. The fourth-order valence-corrected chi connectivity index (χ4v) is 2.29. The quantitative estimate of drug-likeness (QED) is 0.919. The molecule has 7 heteroatoms. The molecule has 0 aliphatic heterocycles. The molecule has 0 radical (unpaired) electrons. The zero-order valence-corrected chi connectivity index (χ0v) is 12.2. The smallest absolute Gasteiger partial charge is 0.276 e. The van der Waals surface area contributed by atoms with Crippen molar-refractivity contribution in [1.82, 2.24) is 9.88 Å². The zero-order valence-electron chi connectivity index (χ0n) is 10.6. The van der Waals surface area contributed by atoms with Crippen LogP contribution in [0.2, 0.25) is 0 Å². The van der Waals surface area contributed by atoms with Crippen molar-refractivity contribution in [2.75, 3.05) is 7.05 Å². The summed E-state index contributed by atoms with van der Waals surface area (Å²) >= 11 is 3.32. The van der Waals surface area contributed by atoms with Gasteiger partial charge in [-0.15, -0.1) is 0 Å². The molecule has 1 heterocycles. The Kier molecular flexibility index (Phi) is 4.19. The van der Waals surface area contributed by atoms with E-state index < -0.39 is 17.9 Å². The molecule has 6 nitrogen and oxygen atoms in total. The van der Waals surface area contributed by atoms with E-state index in [9.17, 15) is 9.59 Å². The Morgan fingerprint density at radius 1 is 1.45 bits per heavy atom. The number of hydrogen-bond donors (Lipinski definition) is 1. The Balaban J connectivity index is 2.34. The van der Waals surface area contributed by atoms with Crippen molar-refractivity contribution in [3.05, 3.63) is 52.7 Å². The highest BCUT2D eigenvalue weighted by molar-refractivity contribution is 9.10. The van der Waals surface area contributed by atoms with Crippen molar-refractivity contribution in [1.29, 1.82) is 0 Å². The van der Waals surface area contributed by atoms with Crippen molar-refractivity contribution >= 4 is 27.7 Å². The van der Waals surface area contributed by atoms with Crippen LogP contribution in [0.15, 0.2) is 45.8 Å². The summed E-state index contributed by atoms with van der Waals surface area (Å²) in [5.74, 6) is -1.06.